The highest BCUT2D eigenvalue weighted by Crippen LogP contribution is 2.30. The summed E-state index contributed by atoms with van der Waals surface area (Å²) in [4.78, 5) is 27.8. The van der Waals surface area contributed by atoms with Gasteiger partial charge in [0.2, 0.25) is 5.91 Å². The number of amides is 2. The summed E-state index contributed by atoms with van der Waals surface area (Å²) in [6, 6.07) is 23.0. The molecule has 0 fully saturated rings. The van der Waals surface area contributed by atoms with Crippen LogP contribution in [0, 0.1) is 0 Å². The first-order valence-electron chi connectivity index (χ1n) is 11.6. The predicted octanol–water partition coefficient (Wildman–Crippen LogP) is 5.14. The third-order valence-corrected chi connectivity index (χ3v) is 6.09. The molecule has 1 aliphatic rings. The second-order valence-electron chi connectivity index (χ2n) is 8.49. The van der Waals surface area contributed by atoms with E-state index in [2.05, 4.69) is 5.32 Å². The van der Waals surface area contributed by atoms with E-state index >= 15 is 0 Å². The Hall–Kier alpha value is -3.80. The fourth-order valence-electron chi connectivity index (χ4n) is 4.29. The average molecular weight is 459 g/mol. The number of anilines is 1. The minimum Gasteiger partial charge on any atom is -0.497 e. The third-order valence-electron chi connectivity index (χ3n) is 6.09. The maximum absolute atomic E-state index is 13.0. The van der Waals surface area contributed by atoms with E-state index in [4.69, 9.17) is 9.47 Å². The highest BCUT2D eigenvalue weighted by atomic mass is 16.5. The van der Waals surface area contributed by atoms with Crippen LogP contribution in [0.3, 0.4) is 0 Å². The fraction of sp³-hybridized carbons (Fsp3) is 0.286. The minimum absolute atomic E-state index is 0.0547. The molecule has 1 aliphatic heterocycles. The van der Waals surface area contributed by atoms with Crippen molar-refractivity contribution in [2.45, 2.75) is 45.4 Å². The van der Waals surface area contributed by atoms with Crippen molar-refractivity contribution in [3.05, 3.63) is 89.5 Å². The molecule has 2 unspecified atom stereocenters. The summed E-state index contributed by atoms with van der Waals surface area (Å²) in [6.07, 6.45) is 0.0967. The Balaban J connectivity index is 1.55. The lowest BCUT2D eigenvalue weighted by Crippen LogP contribution is -2.37. The maximum atomic E-state index is 13.0. The lowest BCUT2D eigenvalue weighted by Gasteiger charge is -2.22. The second-order valence-corrected chi connectivity index (χ2v) is 8.49. The number of rotatable bonds is 7. The van der Waals surface area contributed by atoms with Gasteiger partial charge < -0.3 is 19.7 Å². The van der Waals surface area contributed by atoms with E-state index in [0.29, 0.717) is 30.9 Å². The summed E-state index contributed by atoms with van der Waals surface area (Å²) in [7, 11) is 1.62. The van der Waals surface area contributed by atoms with Crippen LogP contribution < -0.4 is 14.8 Å². The van der Waals surface area contributed by atoms with Crippen LogP contribution in [0.25, 0.3) is 0 Å². The molecule has 176 valence electrons. The Labute approximate surface area is 200 Å². The largest absolute Gasteiger partial charge is 0.497 e. The van der Waals surface area contributed by atoms with Gasteiger partial charge in [0.15, 0.2) is 6.10 Å². The zero-order valence-corrected chi connectivity index (χ0v) is 19.8. The normalized spacial score (nSPS) is 16.1. The molecule has 0 spiro atoms. The Morgan fingerprint density at radius 1 is 1.12 bits per heavy atom. The van der Waals surface area contributed by atoms with E-state index in [9.17, 15) is 9.59 Å². The summed E-state index contributed by atoms with van der Waals surface area (Å²) >= 11 is 0. The molecule has 2 amide bonds. The first-order chi connectivity index (χ1) is 16.5. The van der Waals surface area contributed by atoms with Crippen LogP contribution in [0.1, 0.15) is 42.9 Å². The summed E-state index contributed by atoms with van der Waals surface area (Å²) in [5.41, 5.74) is 3.50. The van der Waals surface area contributed by atoms with Crippen molar-refractivity contribution >= 4 is 17.5 Å². The summed E-state index contributed by atoms with van der Waals surface area (Å²) in [6.45, 7) is 4.59. The number of hydrogen-bond donors (Lipinski definition) is 1. The zero-order valence-electron chi connectivity index (χ0n) is 19.8. The van der Waals surface area contributed by atoms with Gasteiger partial charge in [-0.3, -0.25) is 9.59 Å². The maximum Gasteiger partial charge on any atom is 0.263 e. The molecule has 4 rings (SSSR count). The Kier molecular flexibility index (Phi) is 7.16. The number of hydrogen-bond acceptors (Lipinski definition) is 4. The van der Waals surface area contributed by atoms with Gasteiger partial charge in [-0.1, -0.05) is 49.4 Å². The van der Waals surface area contributed by atoms with Crippen molar-refractivity contribution in [2.75, 3.05) is 12.4 Å². The molecule has 3 aromatic carbocycles. The lowest BCUT2D eigenvalue weighted by atomic mass is 9.95. The predicted molar refractivity (Wildman–Crippen MR) is 132 cm³/mol. The molecule has 6 heteroatoms. The van der Waals surface area contributed by atoms with Gasteiger partial charge in [0, 0.05) is 24.3 Å². The molecule has 0 bridgehead atoms. The van der Waals surface area contributed by atoms with Crippen molar-refractivity contribution in [2.24, 2.45) is 0 Å². The quantitative estimate of drug-likeness (QED) is 0.533. The van der Waals surface area contributed by atoms with Crippen molar-refractivity contribution in [1.82, 2.24) is 4.90 Å². The zero-order chi connectivity index (χ0) is 24.1. The van der Waals surface area contributed by atoms with E-state index in [-0.39, 0.29) is 17.7 Å². The average Bonchev–Trinajstić information content (AvgIpc) is 2.96. The summed E-state index contributed by atoms with van der Waals surface area (Å²) in [5.74, 6) is 1.03. The molecule has 3 aromatic rings. The molecule has 0 radical (unpaired) electrons. The van der Waals surface area contributed by atoms with Gasteiger partial charge in [-0.05, 0) is 54.8 Å². The highest BCUT2D eigenvalue weighted by Gasteiger charge is 2.28. The molecule has 0 saturated heterocycles. The number of fused-ring (bicyclic) bond motifs is 1. The summed E-state index contributed by atoms with van der Waals surface area (Å²) < 4.78 is 11.3. The van der Waals surface area contributed by atoms with Gasteiger partial charge >= 0.3 is 0 Å². The van der Waals surface area contributed by atoms with Crippen molar-refractivity contribution in [1.29, 1.82) is 0 Å². The monoisotopic (exact) mass is 458 g/mol. The van der Waals surface area contributed by atoms with Crippen LogP contribution in [0.15, 0.2) is 72.8 Å². The van der Waals surface area contributed by atoms with Gasteiger partial charge in [-0.25, -0.2) is 0 Å². The molecule has 0 saturated carbocycles. The topological polar surface area (TPSA) is 67.9 Å². The van der Waals surface area contributed by atoms with Crippen molar-refractivity contribution < 1.29 is 19.1 Å². The van der Waals surface area contributed by atoms with Crippen LogP contribution in [-0.2, 0) is 22.7 Å². The molecule has 2 atom stereocenters. The Morgan fingerprint density at radius 2 is 1.91 bits per heavy atom. The fourth-order valence-corrected chi connectivity index (χ4v) is 4.29. The molecule has 34 heavy (non-hydrogen) atoms. The van der Waals surface area contributed by atoms with E-state index < -0.39 is 6.10 Å². The standard InChI is InChI=1S/C28H30N2O4/c1-4-25(21-10-6-5-7-11-21)27(31)29-23-13-14-26-22(16-23)18-30(28(32)19(2)34-26)17-20-9-8-12-24(15-20)33-3/h5-16,19,25H,4,17-18H2,1-3H3,(H,29,31). The number of carbonyl (C=O) groups excluding carboxylic acids is 2. The Morgan fingerprint density at radius 3 is 2.65 bits per heavy atom. The molecule has 6 nitrogen and oxygen atoms in total. The minimum atomic E-state index is -0.602. The number of carbonyl (C=O) groups is 2. The van der Waals surface area contributed by atoms with Gasteiger partial charge in [-0.2, -0.15) is 0 Å². The molecule has 1 N–H and O–H groups in total. The van der Waals surface area contributed by atoms with Crippen LogP contribution >= 0.6 is 0 Å². The Bertz CT molecular complexity index is 1160. The molecular formula is C28H30N2O4. The molecular weight excluding hydrogens is 428 g/mol. The highest BCUT2D eigenvalue weighted by molar-refractivity contribution is 5.96. The molecule has 0 aliphatic carbocycles. The van der Waals surface area contributed by atoms with Crippen LogP contribution in [-0.4, -0.2) is 29.9 Å². The van der Waals surface area contributed by atoms with E-state index in [1.165, 1.54) is 0 Å². The number of benzene rings is 3. The van der Waals surface area contributed by atoms with Gasteiger partial charge in [0.05, 0.1) is 13.0 Å². The van der Waals surface area contributed by atoms with Crippen LogP contribution in [0.2, 0.25) is 0 Å². The van der Waals surface area contributed by atoms with Gasteiger partial charge in [0.1, 0.15) is 11.5 Å². The van der Waals surface area contributed by atoms with Crippen molar-refractivity contribution in [3.63, 3.8) is 0 Å². The van der Waals surface area contributed by atoms with Crippen LogP contribution in [0.4, 0.5) is 5.69 Å². The van der Waals surface area contributed by atoms with Gasteiger partial charge in [-0.15, -0.1) is 0 Å². The SMILES string of the molecule is CCC(C(=O)Nc1ccc2c(c1)CN(Cc1cccc(OC)c1)C(=O)C(C)O2)c1ccccc1. The molecule has 0 aromatic heterocycles. The summed E-state index contributed by atoms with van der Waals surface area (Å²) in [5, 5.41) is 3.05. The van der Waals surface area contributed by atoms with E-state index in [0.717, 1.165) is 22.4 Å². The third kappa shape index (κ3) is 5.22. The number of methoxy groups -OCH3 is 1. The van der Waals surface area contributed by atoms with Crippen LogP contribution in [0.5, 0.6) is 11.5 Å². The van der Waals surface area contributed by atoms with Gasteiger partial charge in [0.25, 0.3) is 5.91 Å². The lowest BCUT2D eigenvalue weighted by molar-refractivity contribution is -0.138. The number of ether oxygens (including phenoxy) is 2. The second kappa shape index (κ2) is 10.4. The number of nitrogens with one attached hydrogen (secondary N) is 1. The number of nitrogens with zero attached hydrogens (tertiary/aromatic N) is 1. The first-order valence-corrected chi connectivity index (χ1v) is 11.6. The van der Waals surface area contributed by atoms with E-state index in [1.807, 2.05) is 79.7 Å². The first kappa shape index (κ1) is 23.4. The molecule has 1 heterocycles. The smallest absolute Gasteiger partial charge is 0.263 e. The van der Waals surface area contributed by atoms with Crippen molar-refractivity contribution in [3.8, 4) is 11.5 Å². The van der Waals surface area contributed by atoms with E-state index in [1.54, 1.807) is 18.9 Å².